The molecule has 16 heavy (non-hydrogen) atoms. The summed E-state index contributed by atoms with van der Waals surface area (Å²) in [7, 11) is 3.95. The fourth-order valence-electron chi connectivity index (χ4n) is 1.27. The Morgan fingerprint density at radius 2 is 2.12 bits per heavy atom. The summed E-state index contributed by atoms with van der Waals surface area (Å²) in [6, 6.07) is 8.16. The van der Waals surface area contributed by atoms with Crippen molar-refractivity contribution in [3.63, 3.8) is 0 Å². The quantitative estimate of drug-likeness (QED) is 0.813. The molecule has 0 aliphatic carbocycles. The lowest BCUT2D eigenvalue weighted by atomic mass is 10.2. The van der Waals surface area contributed by atoms with Crippen LogP contribution in [-0.2, 0) is 0 Å². The van der Waals surface area contributed by atoms with Crippen molar-refractivity contribution in [2.45, 2.75) is 0 Å². The van der Waals surface area contributed by atoms with E-state index in [-0.39, 0.29) is 12.0 Å². The summed E-state index contributed by atoms with van der Waals surface area (Å²) in [6.45, 7) is 0. The Balaban J connectivity index is 2.18. The maximum absolute atomic E-state index is 5.32. The summed E-state index contributed by atoms with van der Waals surface area (Å²) in [4.78, 5) is 2.01. The van der Waals surface area contributed by atoms with E-state index in [1.54, 1.807) is 0 Å². The van der Waals surface area contributed by atoms with Gasteiger partial charge in [0.2, 0.25) is 0 Å². The molecule has 0 aliphatic rings. The first-order valence-electron chi connectivity index (χ1n) is 4.78. The predicted molar refractivity (Wildman–Crippen MR) is 62.8 cm³/mol. The van der Waals surface area contributed by atoms with Crippen molar-refractivity contribution in [3.8, 4) is 0 Å². The molecule has 84 valence electrons. The standard InChI is InChI=1S/C10H13N5O/c1-15(2)8-5-3-4-7(6-8)12-10-14-13-9(11)16-10/h3-6H,1-2H3,(H2,11,13)(H,12,14). The van der Waals surface area contributed by atoms with Gasteiger partial charge in [-0.05, 0) is 18.2 Å². The van der Waals surface area contributed by atoms with Crippen molar-refractivity contribution in [2.75, 3.05) is 30.0 Å². The van der Waals surface area contributed by atoms with Crippen molar-refractivity contribution >= 4 is 23.4 Å². The van der Waals surface area contributed by atoms with Gasteiger partial charge in [-0.2, -0.15) is 0 Å². The first-order chi connectivity index (χ1) is 7.65. The molecule has 0 amide bonds. The number of nitrogens with one attached hydrogen (secondary N) is 1. The van der Waals surface area contributed by atoms with Gasteiger partial charge in [0.15, 0.2) is 0 Å². The maximum Gasteiger partial charge on any atom is 0.321 e. The van der Waals surface area contributed by atoms with Crippen LogP contribution in [0.3, 0.4) is 0 Å². The monoisotopic (exact) mass is 219 g/mol. The van der Waals surface area contributed by atoms with Gasteiger partial charge in [0, 0.05) is 25.5 Å². The molecule has 0 spiro atoms. The fraction of sp³-hybridized carbons (Fsp3) is 0.200. The van der Waals surface area contributed by atoms with Gasteiger partial charge in [-0.15, -0.1) is 0 Å². The van der Waals surface area contributed by atoms with E-state index in [1.165, 1.54) is 0 Å². The molecule has 6 nitrogen and oxygen atoms in total. The molecule has 2 rings (SSSR count). The van der Waals surface area contributed by atoms with Crippen LogP contribution in [0, 0.1) is 0 Å². The first kappa shape index (κ1) is 10.3. The van der Waals surface area contributed by atoms with E-state index in [2.05, 4.69) is 15.5 Å². The average Bonchev–Trinajstić information content (AvgIpc) is 2.64. The molecule has 0 bridgehead atoms. The number of nitrogens with two attached hydrogens (primary N) is 1. The maximum atomic E-state index is 5.32. The van der Waals surface area contributed by atoms with Crippen LogP contribution in [0.1, 0.15) is 0 Å². The van der Waals surface area contributed by atoms with Crippen LogP contribution >= 0.6 is 0 Å². The molecule has 1 aromatic heterocycles. The Morgan fingerprint density at radius 3 is 2.75 bits per heavy atom. The number of nitrogen functional groups attached to an aromatic ring is 1. The number of hydrogen-bond acceptors (Lipinski definition) is 6. The summed E-state index contributed by atoms with van der Waals surface area (Å²) in [5.41, 5.74) is 7.27. The minimum atomic E-state index is 0.0475. The van der Waals surface area contributed by atoms with E-state index in [0.717, 1.165) is 11.4 Å². The van der Waals surface area contributed by atoms with E-state index in [0.29, 0.717) is 0 Å². The van der Waals surface area contributed by atoms with Gasteiger partial charge in [0.25, 0.3) is 0 Å². The molecular formula is C10H13N5O. The number of benzene rings is 1. The second-order valence-electron chi connectivity index (χ2n) is 3.52. The zero-order chi connectivity index (χ0) is 11.5. The molecule has 3 N–H and O–H groups in total. The van der Waals surface area contributed by atoms with E-state index < -0.39 is 0 Å². The lowest BCUT2D eigenvalue weighted by molar-refractivity contribution is 0.593. The van der Waals surface area contributed by atoms with Crippen LogP contribution < -0.4 is 16.0 Å². The van der Waals surface area contributed by atoms with Crippen LogP contribution in [0.4, 0.5) is 23.4 Å². The molecule has 2 aromatic rings. The lowest BCUT2D eigenvalue weighted by Gasteiger charge is -2.13. The Kier molecular flexibility index (Phi) is 2.63. The molecule has 6 heteroatoms. The summed E-state index contributed by atoms with van der Waals surface area (Å²) in [5, 5.41) is 10.3. The van der Waals surface area contributed by atoms with Crippen molar-refractivity contribution in [3.05, 3.63) is 24.3 Å². The Bertz CT molecular complexity index is 480. The first-order valence-corrected chi connectivity index (χ1v) is 4.78. The van der Waals surface area contributed by atoms with Crippen LogP contribution in [0.2, 0.25) is 0 Å². The average molecular weight is 219 g/mol. The highest BCUT2D eigenvalue weighted by Crippen LogP contribution is 2.20. The third-order valence-electron chi connectivity index (χ3n) is 2.05. The van der Waals surface area contributed by atoms with Crippen LogP contribution in [0.5, 0.6) is 0 Å². The highest BCUT2D eigenvalue weighted by atomic mass is 16.4. The smallest absolute Gasteiger partial charge is 0.321 e. The highest BCUT2D eigenvalue weighted by Gasteiger charge is 2.03. The van der Waals surface area contributed by atoms with Crippen molar-refractivity contribution in [1.82, 2.24) is 10.2 Å². The van der Waals surface area contributed by atoms with Crippen molar-refractivity contribution in [1.29, 1.82) is 0 Å². The zero-order valence-electron chi connectivity index (χ0n) is 9.14. The Hall–Kier alpha value is -2.24. The molecule has 0 radical (unpaired) electrons. The number of nitrogens with zero attached hydrogens (tertiary/aromatic N) is 3. The zero-order valence-corrected chi connectivity index (χ0v) is 9.14. The fourth-order valence-corrected chi connectivity index (χ4v) is 1.27. The molecule has 0 unspecified atom stereocenters. The molecule has 1 aromatic carbocycles. The summed E-state index contributed by atoms with van der Waals surface area (Å²) >= 11 is 0. The second kappa shape index (κ2) is 4.09. The summed E-state index contributed by atoms with van der Waals surface area (Å²) in [6.07, 6.45) is 0. The highest BCUT2D eigenvalue weighted by molar-refractivity contribution is 5.61. The van der Waals surface area contributed by atoms with Gasteiger partial charge in [-0.1, -0.05) is 16.3 Å². The minimum Gasteiger partial charge on any atom is -0.389 e. The normalized spacial score (nSPS) is 10.1. The van der Waals surface area contributed by atoms with Crippen LogP contribution in [-0.4, -0.2) is 24.3 Å². The molecule has 0 atom stereocenters. The minimum absolute atomic E-state index is 0.0475. The van der Waals surface area contributed by atoms with Gasteiger partial charge in [-0.3, -0.25) is 0 Å². The van der Waals surface area contributed by atoms with Gasteiger partial charge in [-0.25, -0.2) is 0 Å². The van der Waals surface area contributed by atoms with Crippen LogP contribution in [0.25, 0.3) is 0 Å². The lowest BCUT2D eigenvalue weighted by Crippen LogP contribution is -2.08. The third-order valence-corrected chi connectivity index (χ3v) is 2.05. The van der Waals surface area contributed by atoms with E-state index >= 15 is 0 Å². The molecule has 0 saturated heterocycles. The predicted octanol–water partition coefficient (Wildman–Crippen LogP) is 1.46. The van der Waals surface area contributed by atoms with Crippen molar-refractivity contribution in [2.24, 2.45) is 0 Å². The molecule has 1 heterocycles. The van der Waals surface area contributed by atoms with E-state index in [9.17, 15) is 0 Å². The molecule has 0 fully saturated rings. The van der Waals surface area contributed by atoms with Crippen LogP contribution in [0.15, 0.2) is 28.7 Å². The number of rotatable bonds is 3. The largest absolute Gasteiger partial charge is 0.389 e. The van der Waals surface area contributed by atoms with E-state index in [1.807, 2.05) is 43.3 Å². The van der Waals surface area contributed by atoms with Gasteiger partial charge in [0.05, 0.1) is 0 Å². The second-order valence-corrected chi connectivity index (χ2v) is 3.52. The van der Waals surface area contributed by atoms with Gasteiger partial charge >= 0.3 is 12.0 Å². The number of hydrogen-bond donors (Lipinski definition) is 2. The summed E-state index contributed by atoms with van der Waals surface area (Å²) < 4.78 is 5.02. The van der Waals surface area contributed by atoms with Gasteiger partial charge < -0.3 is 20.4 Å². The molecular weight excluding hydrogens is 206 g/mol. The summed E-state index contributed by atoms with van der Waals surface area (Å²) in [5.74, 6) is 0. The third kappa shape index (κ3) is 2.22. The van der Waals surface area contributed by atoms with E-state index in [4.69, 9.17) is 10.2 Å². The topological polar surface area (TPSA) is 80.2 Å². The molecule has 0 aliphatic heterocycles. The number of aromatic nitrogens is 2. The van der Waals surface area contributed by atoms with Crippen molar-refractivity contribution < 1.29 is 4.42 Å². The number of anilines is 4. The SMILES string of the molecule is CN(C)c1cccc(Nc2nnc(N)o2)c1. The Labute approximate surface area is 93.1 Å². The Morgan fingerprint density at radius 1 is 1.31 bits per heavy atom. The molecule has 0 saturated carbocycles. The van der Waals surface area contributed by atoms with Gasteiger partial charge in [0.1, 0.15) is 0 Å².